The molecule has 0 saturated heterocycles. The van der Waals surface area contributed by atoms with E-state index in [0.717, 1.165) is 32.1 Å². The van der Waals surface area contributed by atoms with Crippen LogP contribution in [-0.4, -0.2) is 33.8 Å². The van der Waals surface area contributed by atoms with E-state index in [-0.39, 0.29) is 16.6 Å². The van der Waals surface area contributed by atoms with E-state index in [1.165, 1.54) is 18.5 Å². The minimum absolute atomic E-state index is 0.132. The summed E-state index contributed by atoms with van der Waals surface area (Å²) in [5.41, 5.74) is 3.41. The summed E-state index contributed by atoms with van der Waals surface area (Å²) in [5.74, 6) is 0. The lowest BCUT2D eigenvalue weighted by molar-refractivity contribution is 0.122. The largest absolute Gasteiger partial charge is 0.385 e. The van der Waals surface area contributed by atoms with Crippen LogP contribution in [0, 0.1) is 0 Å². The van der Waals surface area contributed by atoms with Gasteiger partial charge < -0.3 is 10.2 Å². The molecule has 1 aromatic heterocycles. The van der Waals surface area contributed by atoms with Gasteiger partial charge in [-0.1, -0.05) is 24.6 Å². The average molecular weight is 405 g/mol. The molecule has 0 spiro atoms. The van der Waals surface area contributed by atoms with E-state index < -0.39 is 0 Å². The van der Waals surface area contributed by atoms with Gasteiger partial charge in [-0.15, -0.1) is 0 Å². The summed E-state index contributed by atoms with van der Waals surface area (Å²) in [5, 5.41) is 7.53. The second-order valence-corrected chi connectivity index (χ2v) is 8.35. The lowest BCUT2D eigenvalue weighted by Gasteiger charge is -2.46. The first-order valence-corrected chi connectivity index (χ1v) is 11.0. The molecule has 1 aromatic rings. The number of allylic oxidation sites excluding steroid dienone is 3. The van der Waals surface area contributed by atoms with Gasteiger partial charge in [0.05, 0.1) is 17.9 Å². The zero-order chi connectivity index (χ0) is 20.3. The minimum atomic E-state index is -0.189. The lowest BCUT2D eigenvalue weighted by atomic mass is 9.86. The van der Waals surface area contributed by atoms with Crippen LogP contribution in [0.5, 0.6) is 0 Å². The highest BCUT2D eigenvalue weighted by molar-refractivity contribution is 6.32. The summed E-state index contributed by atoms with van der Waals surface area (Å²) < 4.78 is 1.60. The van der Waals surface area contributed by atoms with Gasteiger partial charge in [0.1, 0.15) is 5.02 Å². The molecule has 0 radical (unpaired) electrons. The normalized spacial score (nSPS) is 26.2. The summed E-state index contributed by atoms with van der Waals surface area (Å²) in [6.45, 7) is 6.72. The van der Waals surface area contributed by atoms with Gasteiger partial charge in [-0.05, 0) is 70.4 Å². The molecule has 1 aliphatic carbocycles. The van der Waals surface area contributed by atoms with Crippen molar-refractivity contribution in [3.05, 3.63) is 45.0 Å². The molecular formula is C22H33ClN4O. The Morgan fingerprint density at radius 3 is 2.54 bits per heavy atom. The molecule has 2 heterocycles. The molecule has 154 valence electrons. The first-order chi connectivity index (χ1) is 13.5. The first-order valence-electron chi connectivity index (χ1n) is 10.6. The number of anilines is 1. The third-order valence-electron chi connectivity index (χ3n) is 6.35. The zero-order valence-corrected chi connectivity index (χ0v) is 18.3. The molecule has 1 aliphatic heterocycles. The second kappa shape index (κ2) is 9.17. The van der Waals surface area contributed by atoms with Crippen molar-refractivity contribution in [3.8, 4) is 0 Å². The topological polar surface area (TPSA) is 50.2 Å². The van der Waals surface area contributed by atoms with Gasteiger partial charge >= 0.3 is 0 Å². The van der Waals surface area contributed by atoms with Crippen molar-refractivity contribution < 1.29 is 0 Å². The van der Waals surface area contributed by atoms with E-state index in [1.807, 2.05) is 0 Å². The van der Waals surface area contributed by atoms with E-state index >= 15 is 0 Å². The predicted molar refractivity (Wildman–Crippen MR) is 117 cm³/mol. The van der Waals surface area contributed by atoms with Crippen LogP contribution in [0.15, 0.2) is 34.4 Å². The molecular weight excluding hydrogens is 372 g/mol. The van der Waals surface area contributed by atoms with E-state index in [0.29, 0.717) is 17.8 Å². The minimum Gasteiger partial charge on any atom is -0.385 e. The van der Waals surface area contributed by atoms with Crippen LogP contribution in [0.2, 0.25) is 5.02 Å². The molecule has 1 N–H and O–H groups in total. The molecule has 1 atom stereocenters. The van der Waals surface area contributed by atoms with Crippen LogP contribution in [-0.2, 0) is 0 Å². The number of aromatic nitrogens is 2. The Balaban J connectivity index is 1.78. The number of rotatable bonds is 5. The Morgan fingerprint density at radius 2 is 1.93 bits per heavy atom. The van der Waals surface area contributed by atoms with Gasteiger partial charge in [-0.3, -0.25) is 4.79 Å². The second-order valence-electron chi connectivity index (χ2n) is 7.97. The summed E-state index contributed by atoms with van der Waals surface area (Å²) in [7, 11) is 1.75. The van der Waals surface area contributed by atoms with Gasteiger partial charge in [0, 0.05) is 24.8 Å². The summed E-state index contributed by atoms with van der Waals surface area (Å²) in [6, 6.07) is 1.22. The average Bonchev–Trinajstić information content (AvgIpc) is 2.71. The Kier molecular flexibility index (Phi) is 6.86. The maximum atomic E-state index is 12.6. The highest BCUT2D eigenvalue weighted by Gasteiger charge is 2.33. The van der Waals surface area contributed by atoms with Crippen molar-refractivity contribution in [2.24, 2.45) is 0 Å². The van der Waals surface area contributed by atoms with Crippen LogP contribution in [0.3, 0.4) is 0 Å². The zero-order valence-electron chi connectivity index (χ0n) is 17.5. The van der Waals surface area contributed by atoms with Crippen molar-refractivity contribution in [2.75, 3.05) is 12.4 Å². The monoisotopic (exact) mass is 404 g/mol. The highest BCUT2D eigenvalue weighted by atomic mass is 35.5. The highest BCUT2D eigenvalue weighted by Crippen LogP contribution is 2.38. The third-order valence-corrected chi connectivity index (χ3v) is 6.71. The Labute approximate surface area is 173 Å². The van der Waals surface area contributed by atoms with Gasteiger partial charge in [0.2, 0.25) is 0 Å². The molecule has 5 nitrogen and oxygen atoms in total. The Bertz CT molecular complexity index is 805. The Morgan fingerprint density at radius 1 is 1.25 bits per heavy atom. The number of hydrogen-bond acceptors (Lipinski definition) is 4. The molecule has 1 saturated carbocycles. The summed E-state index contributed by atoms with van der Waals surface area (Å²) in [6.07, 6.45) is 13.7. The molecule has 3 rings (SSSR count). The van der Waals surface area contributed by atoms with E-state index in [2.05, 4.69) is 48.2 Å². The fourth-order valence-corrected chi connectivity index (χ4v) is 5.04. The van der Waals surface area contributed by atoms with Crippen molar-refractivity contribution in [1.82, 2.24) is 14.7 Å². The van der Waals surface area contributed by atoms with Gasteiger partial charge in [0.25, 0.3) is 5.56 Å². The van der Waals surface area contributed by atoms with E-state index in [1.54, 1.807) is 23.5 Å². The maximum absolute atomic E-state index is 12.6. The Hall–Kier alpha value is -1.75. The van der Waals surface area contributed by atoms with Crippen molar-refractivity contribution in [1.29, 1.82) is 0 Å². The van der Waals surface area contributed by atoms with Crippen molar-refractivity contribution in [3.63, 3.8) is 0 Å². The third kappa shape index (κ3) is 4.00. The van der Waals surface area contributed by atoms with Gasteiger partial charge in [-0.25, -0.2) is 4.68 Å². The number of halogens is 1. The maximum Gasteiger partial charge on any atom is 0.287 e. The molecule has 1 unspecified atom stereocenters. The number of hydrogen-bond donors (Lipinski definition) is 1. The number of nitrogens with zero attached hydrogens (tertiary/aromatic N) is 3. The fraction of sp³-hybridized carbons (Fsp3) is 0.636. The fourth-order valence-electron chi connectivity index (χ4n) is 4.81. The SMILES string of the molecule is C/C=C\C1=C(CC)CCC(C)N1C1CCC(n2ncc(NC)c(Cl)c2=O)CC1. The number of nitrogens with one attached hydrogen (secondary N) is 1. The molecule has 0 amide bonds. The van der Waals surface area contributed by atoms with Crippen LogP contribution in [0.25, 0.3) is 0 Å². The van der Waals surface area contributed by atoms with E-state index in [4.69, 9.17) is 11.6 Å². The van der Waals surface area contributed by atoms with Crippen LogP contribution >= 0.6 is 11.6 Å². The summed E-state index contributed by atoms with van der Waals surface area (Å²) in [4.78, 5) is 15.3. The molecule has 2 aliphatic rings. The predicted octanol–water partition coefficient (Wildman–Crippen LogP) is 5.15. The molecule has 28 heavy (non-hydrogen) atoms. The van der Waals surface area contributed by atoms with Gasteiger partial charge in [0.15, 0.2) is 0 Å². The molecule has 6 heteroatoms. The van der Waals surface area contributed by atoms with Crippen molar-refractivity contribution >= 4 is 17.3 Å². The lowest BCUT2D eigenvalue weighted by Crippen LogP contribution is -2.45. The van der Waals surface area contributed by atoms with Crippen LogP contribution in [0.1, 0.15) is 71.8 Å². The molecule has 1 fully saturated rings. The van der Waals surface area contributed by atoms with Crippen molar-refractivity contribution in [2.45, 2.75) is 83.8 Å². The van der Waals surface area contributed by atoms with Crippen LogP contribution in [0.4, 0.5) is 5.69 Å². The van der Waals surface area contributed by atoms with Gasteiger partial charge in [-0.2, -0.15) is 5.10 Å². The first kappa shape index (κ1) is 21.0. The van der Waals surface area contributed by atoms with Crippen LogP contribution < -0.4 is 10.9 Å². The molecule has 0 bridgehead atoms. The summed E-state index contributed by atoms with van der Waals surface area (Å²) >= 11 is 6.22. The van der Waals surface area contributed by atoms with E-state index in [9.17, 15) is 4.79 Å². The standard InChI is InChI=1S/C22H33ClN4O/c1-5-7-20-16(6-2)9-8-15(3)26(20)17-10-12-18(13-11-17)27-22(28)21(23)19(24-4)14-25-27/h5,7,14-15,17-18,24H,6,8-13H2,1-4H3/b7-5-. The molecule has 0 aromatic carbocycles. The smallest absolute Gasteiger partial charge is 0.287 e. The quantitative estimate of drug-likeness (QED) is 0.737.